The standard InChI is InChI=1S/C28H26N4O2/c1-18-16-32(17-19(2)34-18)23-11-7-20(8-12-23)25-15-31-27-24(28(25)33-4)13-14-30-26(27)21-5-9-22(29-3)10-6-21/h5-15,18-19H,16-17H2,1-2,4H3/t18-,19+. The lowest BCUT2D eigenvalue weighted by molar-refractivity contribution is -0.00521. The number of anilines is 1. The molecule has 6 nitrogen and oxygen atoms in total. The summed E-state index contributed by atoms with van der Waals surface area (Å²) >= 11 is 0. The zero-order chi connectivity index (χ0) is 23.7. The molecule has 5 rings (SSSR count). The van der Waals surface area contributed by atoms with Gasteiger partial charge in [-0.1, -0.05) is 36.4 Å². The van der Waals surface area contributed by atoms with E-state index in [0.29, 0.717) is 5.69 Å². The van der Waals surface area contributed by atoms with Crippen LogP contribution in [0.1, 0.15) is 13.8 Å². The monoisotopic (exact) mass is 450 g/mol. The van der Waals surface area contributed by atoms with E-state index >= 15 is 0 Å². The van der Waals surface area contributed by atoms with Gasteiger partial charge in [-0.15, -0.1) is 0 Å². The number of methoxy groups -OCH3 is 1. The van der Waals surface area contributed by atoms with Gasteiger partial charge in [-0.3, -0.25) is 9.97 Å². The Morgan fingerprint density at radius 3 is 2.26 bits per heavy atom. The van der Waals surface area contributed by atoms with Gasteiger partial charge in [-0.2, -0.15) is 0 Å². The number of pyridine rings is 2. The molecule has 0 spiro atoms. The average Bonchev–Trinajstić information content (AvgIpc) is 2.87. The molecule has 0 saturated carbocycles. The molecule has 2 aromatic heterocycles. The minimum Gasteiger partial charge on any atom is -0.495 e. The van der Waals surface area contributed by atoms with Crippen molar-refractivity contribution in [2.45, 2.75) is 26.1 Å². The Bertz CT molecular complexity index is 1350. The zero-order valence-electron chi connectivity index (χ0n) is 19.5. The quantitative estimate of drug-likeness (QED) is 0.350. The summed E-state index contributed by atoms with van der Waals surface area (Å²) in [6.07, 6.45) is 4.06. The van der Waals surface area contributed by atoms with Gasteiger partial charge >= 0.3 is 0 Å². The van der Waals surface area contributed by atoms with Crippen molar-refractivity contribution >= 4 is 22.3 Å². The predicted octanol–water partition coefficient (Wildman–Crippen LogP) is 6.14. The van der Waals surface area contributed by atoms with Crippen LogP contribution in [0.3, 0.4) is 0 Å². The Balaban J connectivity index is 1.52. The molecular formula is C28H26N4O2. The van der Waals surface area contributed by atoms with E-state index in [0.717, 1.165) is 52.1 Å². The van der Waals surface area contributed by atoms with Crippen LogP contribution in [0.4, 0.5) is 11.4 Å². The molecule has 0 amide bonds. The maximum atomic E-state index is 7.17. The summed E-state index contributed by atoms with van der Waals surface area (Å²) in [7, 11) is 1.69. The van der Waals surface area contributed by atoms with Crippen LogP contribution in [-0.4, -0.2) is 42.4 Å². The van der Waals surface area contributed by atoms with Gasteiger partial charge in [0, 0.05) is 42.1 Å². The molecular weight excluding hydrogens is 424 g/mol. The lowest BCUT2D eigenvalue weighted by atomic mass is 10.0. The van der Waals surface area contributed by atoms with E-state index in [1.165, 1.54) is 5.69 Å². The van der Waals surface area contributed by atoms with Crippen LogP contribution in [0.2, 0.25) is 0 Å². The molecule has 1 aliphatic rings. The first-order valence-electron chi connectivity index (χ1n) is 11.4. The second-order valence-corrected chi connectivity index (χ2v) is 8.63. The Hall–Kier alpha value is -3.95. The molecule has 3 heterocycles. The van der Waals surface area contributed by atoms with Crippen molar-refractivity contribution in [3.8, 4) is 28.1 Å². The first-order chi connectivity index (χ1) is 16.6. The highest BCUT2D eigenvalue weighted by atomic mass is 16.5. The Labute approximate surface area is 199 Å². The summed E-state index contributed by atoms with van der Waals surface area (Å²) in [5.74, 6) is 0.771. The molecule has 1 aliphatic heterocycles. The number of hydrogen-bond donors (Lipinski definition) is 0. The summed E-state index contributed by atoms with van der Waals surface area (Å²) in [4.78, 5) is 15.2. The third-order valence-electron chi connectivity index (χ3n) is 6.17. The smallest absolute Gasteiger partial charge is 0.187 e. The molecule has 0 aliphatic carbocycles. The second-order valence-electron chi connectivity index (χ2n) is 8.63. The van der Waals surface area contributed by atoms with Crippen molar-refractivity contribution < 1.29 is 9.47 Å². The van der Waals surface area contributed by atoms with Crippen LogP contribution < -0.4 is 9.64 Å². The molecule has 0 N–H and O–H groups in total. The van der Waals surface area contributed by atoms with Crippen molar-refractivity contribution in [1.29, 1.82) is 0 Å². The van der Waals surface area contributed by atoms with E-state index in [-0.39, 0.29) is 12.2 Å². The fraction of sp³-hybridized carbons (Fsp3) is 0.250. The number of fused-ring (bicyclic) bond motifs is 1. The first kappa shape index (κ1) is 21.9. The van der Waals surface area contributed by atoms with E-state index in [2.05, 4.69) is 52.8 Å². The zero-order valence-corrected chi connectivity index (χ0v) is 19.5. The van der Waals surface area contributed by atoms with E-state index in [9.17, 15) is 0 Å². The molecule has 1 fully saturated rings. The third-order valence-corrected chi connectivity index (χ3v) is 6.17. The van der Waals surface area contributed by atoms with Crippen LogP contribution in [0.15, 0.2) is 67.0 Å². The number of benzene rings is 2. The van der Waals surface area contributed by atoms with Crippen LogP contribution in [-0.2, 0) is 4.74 Å². The molecule has 6 heteroatoms. The Morgan fingerprint density at radius 2 is 1.62 bits per heavy atom. The van der Waals surface area contributed by atoms with Gasteiger partial charge in [-0.05, 0) is 43.2 Å². The lowest BCUT2D eigenvalue weighted by Gasteiger charge is -2.36. The topological polar surface area (TPSA) is 51.8 Å². The summed E-state index contributed by atoms with van der Waals surface area (Å²) in [5, 5.41) is 0.902. The molecule has 4 aromatic rings. The molecule has 2 atom stereocenters. The summed E-state index contributed by atoms with van der Waals surface area (Å²) in [6.45, 7) is 13.2. The number of morpholine rings is 1. The largest absolute Gasteiger partial charge is 0.495 e. The highest BCUT2D eigenvalue weighted by Crippen LogP contribution is 2.38. The Kier molecular flexibility index (Phi) is 5.87. The van der Waals surface area contributed by atoms with Crippen LogP contribution in [0, 0.1) is 6.57 Å². The minimum atomic E-state index is 0.216. The third kappa shape index (κ3) is 4.07. The van der Waals surface area contributed by atoms with Gasteiger partial charge in [0.25, 0.3) is 0 Å². The number of hydrogen-bond acceptors (Lipinski definition) is 5. The summed E-state index contributed by atoms with van der Waals surface area (Å²) < 4.78 is 11.8. The van der Waals surface area contributed by atoms with Crippen molar-refractivity contribution in [3.63, 3.8) is 0 Å². The van der Waals surface area contributed by atoms with Gasteiger partial charge in [0.15, 0.2) is 5.69 Å². The van der Waals surface area contributed by atoms with Crippen molar-refractivity contribution in [2.24, 2.45) is 0 Å². The van der Waals surface area contributed by atoms with Gasteiger partial charge in [0.2, 0.25) is 0 Å². The highest BCUT2D eigenvalue weighted by molar-refractivity contribution is 5.99. The normalized spacial score (nSPS) is 18.0. The number of ether oxygens (including phenoxy) is 2. The molecule has 0 unspecified atom stereocenters. The minimum absolute atomic E-state index is 0.216. The second kappa shape index (κ2) is 9.12. The van der Waals surface area contributed by atoms with Crippen molar-refractivity contribution in [1.82, 2.24) is 9.97 Å². The van der Waals surface area contributed by atoms with Gasteiger partial charge < -0.3 is 14.4 Å². The van der Waals surface area contributed by atoms with Crippen molar-refractivity contribution in [3.05, 3.63) is 78.4 Å². The first-order valence-corrected chi connectivity index (χ1v) is 11.4. The van der Waals surface area contributed by atoms with E-state index < -0.39 is 0 Å². The maximum Gasteiger partial charge on any atom is 0.187 e. The Morgan fingerprint density at radius 1 is 0.941 bits per heavy atom. The average molecular weight is 451 g/mol. The number of aromatic nitrogens is 2. The van der Waals surface area contributed by atoms with E-state index in [4.69, 9.17) is 21.0 Å². The SMILES string of the molecule is [C-]#[N+]c1ccc(-c2nccc3c(OC)c(-c4ccc(N5C[C@@H](C)O[C@@H](C)C5)cc4)cnc23)cc1. The van der Waals surface area contributed by atoms with E-state index in [1.807, 2.05) is 24.4 Å². The molecule has 0 radical (unpaired) electrons. The molecule has 34 heavy (non-hydrogen) atoms. The van der Waals surface area contributed by atoms with Crippen LogP contribution in [0.25, 0.3) is 38.1 Å². The molecule has 170 valence electrons. The fourth-order valence-corrected chi connectivity index (χ4v) is 4.67. The summed E-state index contributed by atoms with van der Waals surface area (Å²) in [6, 6.07) is 17.9. The van der Waals surface area contributed by atoms with Crippen molar-refractivity contribution in [2.75, 3.05) is 25.1 Å². The lowest BCUT2D eigenvalue weighted by Crippen LogP contribution is -2.45. The molecule has 2 aromatic carbocycles. The molecule has 1 saturated heterocycles. The van der Waals surface area contributed by atoms with Gasteiger partial charge in [0.1, 0.15) is 11.3 Å². The highest BCUT2D eigenvalue weighted by Gasteiger charge is 2.22. The molecule has 0 bridgehead atoms. The number of nitrogens with zero attached hydrogens (tertiary/aromatic N) is 4. The maximum absolute atomic E-state index is 7.17. The summed E-state index contributed by atoms with van der Waals surface area (Å²) in [5.41, 5.74) is 6.22. The van der Waals surface area contributed by atoms with Crippen LogP contribution in [0.5, 0.6) is 5.75 Å². The fourth-order valence-electron chi connectivity index (χ4n) is 4.67. The predicted molar refractivity (Wildman–Crippen MR) is 135 cm³/mol. The van der Waals surface area contributed by atoms with E-state index in [1.54, 1.807) is 25.4 Å². The van der Waals surface area contributed by atoms with Gasteiger partial charge in [-0.25, -0.2) is 4.85 Å². The van der Waals surface area contributed by atoms with Gasteiger partial charge in [0.05, 0.1) is 31.6 Å². The number of rotatable bonds is 4. The van der Waals surface area contributed by atoms with Crippen LogP contribution >= 0.6 is 0 Å².